The molecule has 2 saturated heterocycles. The lowest BCUT2D eigenvalue weighted by Crippen LogP contribution is -2.39. The van der Waals surface area contributed by atoms with E-state index in [2.05, 4.69) is 27.5 Å². The number of amides is 2. The van der Waals surface area contributed by atoms with Gasteiger partial charge in [0.1, 0.15) is 11.5 Å². The van der Waals surface area contributed by atoms with Gasteiger partial charge in [0, 0.05) is 31.2 Å². The summed E-state index contributed by atoms with van der Waals surface area (Å²) in [7, 11) is 0. The van der Waals surface area contributed by atoms with E-state index >= 15 is 0 Å². The molecule has 0 spiro atoms. The first-order valence-electron chi connectivity index (χ1n) is 12.3. The van der Waals surface area contributed by atoms with Gasteiger partial charge in [0.25, 0.3) is 0 Å². The minimum atomic E-state index is -0.109. The maximum atomic E-state index is 13.0. The standard InChI is InChI=1S/C28H27ClN4O3/c29-22-8-10-23(11-9-22)35-24-5-3-4-19(14-24)15-32-13-12-20-17-33(18-21(20)16-32)28(34)30-27-25-6-1-2-7-26(25)36-31-27/h1-11,14,20-21H,12-13,15-18H2,(H,30,31,34). The maximum Gasteiger partial charge on any atom is 0.323 e. The minimum Gasteiger partial charge on any atom is -0.457 e. The second-order valence-electron chi connectivity index (χ2n) is 9.61. The van der Waals surface area contributed by atoms with Gasteiger partial charge in [0.05, 0.1) is 5.39 Å². The Bertz CT molecular complexity index is 1370. The summed E-state index contributed by atoms with van der Waals surface area (Å²) in [6, 6.07) is 23.0. The quantitative estimate of drug-likeness (QED) is 0.349. The molecule has 2 fully saturated rings. The number of carbonyl (C=O) groups excluding carboxylic acids is 1. The topological polar surface area (TPSA) is 70.8 Å². The second kappa shape index (κ2) is 9.84. The van der Waals surface area contributed by atoms with Crippen LogP contribution in [0.3, 0.4) is 0 Å². The van der Waals surface area contributed by atoms with Gasteiger partial charge in [0.15, 0.2) is 11.4 Å². The zero-order valence-corrected chi connectivity index (χ0v) is 20.5. The Hall–Kier alpha value is -3.55. The Labute approximate surface area is 214 Å². The Morgan fingerprint density at radius 3 is 2.72 bits per heavy atom. The number of rotatable bonds is 5. The summed E-state index contributed by atoms with van der Waals surface area (Å²) in [5.41, 5.74) is 1.88. The van der Waals surface area contributed by atoms with E-state index in [1.165, 1.54) is 5.56 Å². The Morgan fingerprint density at radius 2 is 1.83 bits per heavy atom. The number of urea groups is 1. The number of para-hydroxylation sites is 1. The summed E-state index contributed by atoms with van der Waals surface area (Å²) in [5, 5.41) is 8.48. The SMILES string of the molecule is O=C(Nc1noc2ccccc12)N1CC2CCN(Cc3cccc(Oc4ccc(Cl)cc4)c3)CC2C1. The van der Waals surface area contributed by atoms with E-state index in [-0.39, 0.29) is 6.03 Å². The van der Waals surface area contributed by atoms with E-state index in [1.807, 2.05) is 65.6 Å². The largest absolute Gasteiger partial charge is 0.457 e. The van der Waals surface area contributed by atoms with Crippen LogP contribution in [-0.2, 0) is 6.54 Å². The predicted molar refractivity (Wildman–Crippen MR) is 139 cm³/mol. The molecule has 4 aromatic rings. The third-order valence-electron chi connectivity index (χ3n) is 7.13. The van der Waals surface area contributed by atoms with E-state index in [1.54, 1.807) is 0 Å². The molecule has 1 aromatic heterocycles. The van der Waals surface area contributed by atoms with E-state index in [0.717, 1.165) is 56.0 Å². The number of fused-ring (bicyclic) bond motifs is 2. The maximum absolute atomic E-state index is 13.0. The van der Waals surface area contributed by atoms with Gasteiger partial charge in [0.2, 0.25) is 0 Å². The van der Waals surface area contributed by atoms with Crippen molar-refractivity contribution in [3.63, 3.8) is 0 Å². The summed E-state index contributed by atoms with van der Waals surface area (Å²) < 4.78 is 11.3. The highest BCUT2D eigenvalue weighted by molar-refractivity contribution is 6.30. The van der Waals surface area contributed by atoms with Crippen LogP contribution in [0.4, 0.5) is 10.6 Å². The van der Waals surface area contributed by atoms with Crippen LogP contribution >= 0.6 is 11.6 Å². The van der Waals surface area contributed by atoms with Gasteiger partial charge in [-0.3, -0.25) is 10.2 Å². The van der Waals surface area contributed by atoms with Crippen LogP contribution in [0.1, 0.15) is 12.0 Å². The summed E-state index contributed by atoms with van der Waals surface area (Å²) in [6.07, 6.45) is 1.09. The van der Waals surface area contributed by atoms with Crippen molar-refractivity contribution in [1.29, 1.82) is 0 Å². The van der Waals surface area contributed by atoms with Gasteiger partial charge in [-0.2, -0.15) is 0 Å². The van der Waals surface area contributed by atoms with Crippen LogP contribution in [0.2, 0.25) is 5.02 Å². The number of likely N-dealkylation sites (tertiary alicyclic amines) is 2. The molecule has 2 atom stereocenters. The van der Waals surface area contributed by atoms with Crippen LogP contribution in [-0.4, -0.2) is 47.2 Å². The van der Waals surface area contributed by atoms with E-state index in [4.69, 9.17) is 20.9 Å². The van der Waals surface area contributed by atoms with Crippen molar-refractivity contribution in [1.82, 2.24) is 15.0 Å². The first-order chi connectivity index (χ1) is 17.6. The third-order valence-corrected chi connectivity index (χ3v) is 7.38. The molecule has 36 heavy (non-hydrogen) atoms. The van der Waals surface area contributed by atoms with Gasteiger partial charge in [-0.05, 0) is 78.9 Å². The number of benzene rings is 3. The van der Waals surface area contributed by atoms with E-state index < -0.39 is 0 Å². The second-order valence-corrected chi connectivity index (χ2v) is 10.0. The molecule has 2 aliphatic heterocycles. The minimum absolute atomic E-state index is 0.109. The van der Waals surface area contributed by atoms with Crippen molar-refractivity contribution in [3.05, 3.63) is 83.4 Å². The number of hydrogen-bond acceptors (Lipinski definition) is 5. The highest BCUT2D eigenvalue weighted by Gasteiger charge is 2.39. The fourth-order valence-electron chi connectivity index (χ4n) is 5.31. The van der Waals surface area contributed by atoms with E-state index in [9.17, 15) is 4.79 Å². The lowest BCUT2D eigenvalue weighted by molar-refractivity contribution is 0.142. The molecule has 2 amide bonds. The van der Waals surface area contributed by atoms with Crippen molar-refractivity contribution in [3.8, 4) is 11.5 Å². The van der Waals surface area contributed by atoms with Crippen molar-refractivity contribution in [2.24, 2.45) is 11.8 Å². The third kappa shape index (κ3) is 4.90. The molecule has 1 N–H and O–H groups in total. The molecule has 0 radical (unpaired) electrons. The molecule has 8 heteroatoms. The normalized spacial score (nSPS) is 19.9. The predicted octanol–water partition coefficient (Wildman–Crippen LogP) is 6.26. The average Bonchev–Trinajstić information content (AvgIpc) is 3.50. The monoisotopic (exact) mass is 502 g/mol. The molecule has 2 aliphatic rings. The lowest BCUT2D eigenvalue weighted by Gasteiger charge is -2.34. The number of carbonyl (C=O) groups is 1. The van der Waals surface area contributed by atoms with Crippen LogP contribution in [0.25, 0.3) is 11.0 Å². The van der Waals surface area contributed by atoms with Gasteiger partial charge >= 0.3 is 6.03 Å². The Balaban J connectivity index is 1.05. The Kier molecular flexibility index (Phi) is 6.25. The molecule has 7 nitrogen and oxygen atoms in total. The van der Waals surface area contributed by atoms with Crippen LogP contribution in [0.5, 0.6) is 11.5 Å². The van der Waals surface area contributed by atoms with Gasteiger partial charge in [-0.15, -0.1) is 0 Å². The molecule has 0 bridgehead atoms. The summed E-state index contributed by atoms with van der Waals surface area (Å²) in [6.45, 7) is 4.39. The highest BCUT2D eigenvalue weighted by Crippen LogP contribution is 2.33. The average molecular weight is 503 g/mol. The van der Waals surface area contributed by atoms with Crippen LogP contribution < -0.4 is 10.1 Å². The number of halogens is 1. The molecule has 2 unspecified atom stereocenters. The zero-order valence-electron chi connectivity index (χ0n) is 19.8. The fraction of sp³-hybridized carbons (Fsp3) is 0.286. The number of aromatic nitrogens is 1. The molecule has 6 rings (SSSR count). The van der Waals surface area contributed by atoms with Crippen LogP contribution in [0, 0.1) is 11.8 Å². The zero-order chi connectivity index (χ0) is 24.5. The van der Waals surface area contributed by atoms with Crippen LogP contribution in [0.15, 0.2) is 77.3 Å². The highest BCUT2D eigenvalue weighted by atomic mass is 35.5. The van der Waals surface area contributed by atoms with Gasteiger partial charge in [-0.1, -0.05) is 41.0 Å². The number of anilines is 1. The molecule has 0 saturated carbocycles. The summed E-state index contributed by atoms with van der Waals surface area (Å²) >= 11 is 5.97. The first-order valence-corrected chi connectivity index (χ1v) is 12.6. The molecule has 3 aromatic carbocycles. The number of hydrogen-bond donors (Lipinski definition) is 1. The summed E-state index contributed by atoms with van der Waals surface area (Å²) in [4.78, 5) is 17.4. The number of ether oxygens (including phenoxy) is 1. The van der Waals surface area contributed by atoms with Crippen molar-refractivity contribution in [2.75, 3.05) is 31.5 Å². The Morgan fingerprint density at radius 1 is 1.00 bits per heavy atom. The number of nitrogens with zero attached hydrogens (tertiary/aromatic N) is 3. The van der Waals surface area contributed by atoms with Crippen molar-refractivity contribution in [2.45, 2.75) is 13.0 Å². The lowest BCUT2D eigenvalue weighted by atomic mass is 9.88. The molecular formula is C28H27ClN4O3. The molecule has 0 aliphatic carbocycles. The first kappa shape index (κ1) is 22.9. The van der Waals surface area contributed by atoms with Crippen molar-refractivity contribution >= 4 is 34.4 Å². The fourth-order valence-corrected chi connectivity index (χ4v) is 5.44. The molecule has 3 heterocycles. The van der Waals surface area contributed by atoms with Gasteiger partial charge in [-0.25, -0.2) is 4.79 Å². The molecular weight excluding hydrogens is 476 g/mol. The summed E-state index contributed by atoms with van der Waals surface area (Å²) in [5.74, 6) is 3.05. The van der Waals surface area contributed by atoms with Gasteiger partial charge < -0.3 is 14.2 Å². The van der Waals surface area contributed by atoms with Crippen molar-refractivity contribution < 1.29 is 14.1 Å². The number of piperidine rings is 1. The van der Waals surface area contributed by atoms with E-state index in [0.29, 0.717) is 28.3 Å². The molecule has 184 valence electrons. The smallest absolute Gasteiger partial charge is 0.323 e. The number of nitrogens with one attached hydrogen (secondary N) is 1.